The molecule has 2 aliphatic carbocycles. The Morgan fingerprint density at radius 1 is 1.06 bits per heavy atom. The van der Waals surface area contributed by atoms with Crippen molar-refractivity contribution in [2.24, 2.45) is 23.5 Å². The molecule has 4 unspecified atom stereocenters. The topological polar surface area (TPSA) is 35.2 Å². The van der Waals surface area contributed by atoms with Crippen molar-refractivity contribution in [3.8, 4) is 0 Å². The van der Waals surface area contributed by atoms with E-state index in [0.29, 0.717) is 11.8 Å². The van der Waals surface area contributed by atoms with Crippen LogP contribution in [0.1, 0.15) is 65.2 Å². The normalized spacial score (nSPS) is 47.8. The van der Waals surface area contributed by atoms with Gasteiger partial charge in [0.1, 0.15) is 0 Å². The molecule has 1 spiro atoms. The van der Waals surface area contributed by atoms with Crippen LogP contribution in [-0.4, -0.2) is 17.7 Å². The van der Waals surface area contributed by atoms with Gasteiger partial charge in [0.2, 0.25) is 0 Å². The van der Waals surface area contributed by atoms with Gasteiger partial charge in [0, 0.05) is 12.1 Å². The minimum absolute atomic E-state index is 0.0873. The third kappa shape index (κ3) is 1.92. The van der Waals surface area contributed by atoms with Crippen LogP contribution in [0.25, 0.3) is 0 Å². The second-order valence-electron chi connectivity index (χ2n) is 7.35. The maximum Gasteiger partial charge on any atom is 0.0686 e. The van der Waals surface area contributed by atoms with E-state index in [2.05, 4.69) is 13.8 Å². The fourth-order valence-electron chi connectivity index (χ4n) is 4.72. The van der Waals surface area contributed by atoms with Gasteiger partial charge in [-0.05, 0) is 56.3 Å². The van der Waals surface area contributed by atoms with Gasteiger partial charge < -0.3 is 10.5 Å². The summed E-state index contributed by atoms with van der Waals surface area (Å²) >= 11 is 0. The first kappa shape index (κ1) is 12.9. The number of hydrogen-bond acceptors (Lipinski definition) is 2. The molecule has 2 nitrogen and oxygen atoms in total. The van der Waals surface area contributed by atoms with E-state index in [-0.39, 0.29) is 11.1 Å². The van der Waals surface area contributed by atoms with E-state index in [1.165, 1.54) is 51.4 Å². The van der Waals surface area contributed by atoms with Gasteiger partial charge in [0.05, 0.1) is 5.60 Å². The lowest BCUT2D eigenvalue weighted by atomic mass is 9.58. The standard InChI is InChI=1S/C16H29NO/c1-12-5-3-9-16(17,13(12)2)14-6-10-18-15(11-14)7-4-8-15/h12-14H,3-11,17H2,1-2H3. The first-order chi connectivity index (χ1) is 8.56. The van der Waals surface area contributed by atoms with Gasteiger partial charge in [-0.25, -0.2) is 0 Å². The summed E-state index contributed by atoms with van der Waals surface area (Å²) in [5.74, 6) is 2.17. The molecule has 3 fully saturated rings. The zero-order valence-electron chi connectivity index (χ0n) is 12.1. The van der Waals surface area contributed by atoms with Crippen molar-refractivity contribution in [3.63, 3.8) is 0 Å². The summed E-state index contributed by atoms with van der Waals surface area (Å²) in [6, 6.07) is 0. The molecular weight excluding hydrogens is 222 g/mol. The van der Waals surface area contributed by atoms with Gasteiger partial charge in [0.25, 0.3) is 0 Å². The SMILES string of the molecule is CC1CCCC(N)(C2CCOC3(CCC3)C2)C1C. The van der Waals surface area contributed by atoms with E-state index < -0.39 is 0 Å². The lowest BCUT2D eigenvalue weighted by Crippen LogP contribution is -2.60. The van der Waals surface area contributed by atoms with Gasteiger partial charge in [-0.1, -0.05) is 26.7 Å². The molecule has 0 radical (unpaired) electrons. The maximum atomic E-state index is 6.91. The summed E-state index contributed by atoms with van der Waals surface area (Å²) < 4.78 is 6.07. The highest BCUT2D eigenvalue weighted by molar-refractivity contribution is 5.05. The van der Waals surface area contributed by atoms with E-state index in [0.717, 1.165) is 12.5 Å². The minimum Gasteiger partial charge on any atom is -0.375 e. The summed E-state index contributed by atoms with van der Waals surface area (Å²) in [5, 5.41) is 0. The Balaban J connectivity index is 1.75. The van der Waals surface area contributed by atoms with Crippen LogP contribution in [0.3, 0.4) is 0 Å². The van der Waals surface area contributed by atoms with E-state index in [1.54, 1.807) is 0 Å². The molecule has 1 heterocycles. The molecule has 0 aromatic rings. The van der Waals surface area contributed by atoms with Crippen LogP contribution in [0.5, 0.6) is 0 Å². The molecule has 2 saturated carbocycles. The number of rotatable bonds is 1. The van der Waals surface area contributed by atoms with Crippen molar-refractivity contribution in [1.29, 1.82) is 0 Å². The Morgan fingerprint density at radius 3 is 2.50 bits per heavy atom. The van der Waals surface area contributed by atoms with Crippen molar-refractivity contribution in [1.82, 2.24) is 0 Å². The third-order valence-corrected chi connectivity index (χ3v) is 6.49. The fraction of sp³-hybridized carbons (Fsp3) is 1.00. The average Bonchev–Trinajstić information content (AvgIpc) is 2.34. The zero-order valence-corrected chi connectivity index (χ0v) is 12.1. The smallest absolute Gasteiger partial charge is 0.0686 e. The lowest BCUT2D eigenvalue weighted by Gasteiger charge is -2.55. The molecule has 1 saturated heterocycles. The van der Waals surface area contributed by atoms with Crippen LogP contribution >= 0.6 is 0 Å². The van der Waals surface area contributed by atoms with Crippen molar-refractivity contribution >= 4 is 0 Å². The molecule has 104 valence electrons. The van der Waals surface area contributed by atoms with Crippen LogP contribution in [0.2, 0.25) is 0 Å². The van der Waals surface area contributed by atoms with Crippen LogP contribution in [0.4, 0.5) is 0 Å². The van der Waals surface area contributed by atoms with E-state index in [9.17, 15) is 0 Å². The average molecular weight is 251 g/mol. The maximum absolute atomic E-state index is 6.91. The molecule has 2 N–H and O–H groups in total. The summed E-state index contributed by atoms with van der Waals surface area (Å²) in [6.45, 7) is 5.74. The molecule has 0 aromatic heterocycles. The second kappa shape index (κ2) is 4.49. The molecule has 2 heteroatoms. The monoisotopic (exact) mass is 251 g/mol. The molecular formula is C16H29NO. The van der Waals surface area contributed by atoms with Crippen molar-refractivity contribution in [2.45, 2.75) is 76.4 Å². The number of ether oxygens (including phenoxy) is 1. The Kier molecular flexibility index (Phi) is 3.22. The molecule has 4 atom stereocenters. The molecule has 1 aliphatic heterocycles. The quantitative estimate of drug-likeness (QED) is 0.774. The van der Waals surface area contributed by atoms with E-state index in [1.807, 2.05) is 0 Å². The summed E-state index contributed by atoms with van der Waals surface area (Å²) in [4.78, 5) is 0. The molecule has 0 amide bonds. The van der Waals surface area contributed by atoms with Crippen molar-refractivity contribution < 1.29 is 4.74 Å². The minimum atomic E-state index is 0.0873. The summed E-state index contributed by atoms with van der Waals surface area (Å²) in [5.41, 5.74) is 7.25. The van der Waals surface area contributed by atoms with Crippen molar-refractivity contribution in [3.05, 3.63) is 0 Å². The highest BCUT2D eigenvalue weighted by Gasteiger charge is 2.50. The zero-order chi connectivity index (χ0) is 12.8. The number of hydrogen-bond donors (Lipinski definition) is 1. The van der Waals surface area contributed by atoms with Gasteiger partial charge in [-0.15, -0.1) is 0 Å². The Labute approximate surface area is 112 Å². The first-order valence-electron chi connectivity index (χ1n) is 7.99. The third-order valence-electron chi connectivity index (χ3n) is 6.49. The van der Waals surface area contributed by atoms with E-state index >= 15 is 0 Å². The highest BCUT2D eigenvalue weighted by Crippen LogP contribution is 2.50. The molecule has 0 bridgehead atoms. The first-order valence-corrected chi connectivity index (χ1v) is 7.99. The summed E-state index contributed by atoms with van der Waals surface area (Å²) in [6.07, 6.45) is 10.3. The van der Waals surface area contributed by atoms with Gasteiger partial charge in [-0.2, -0.15) is 0 Å². The Bertz CT molecular complexity index is 312. The molecule has 0 aromatic carbocycles. The highest BCUT2D eigenvalue weighted by atomic mass is 16.5. The van der Waals surface area contributed by atoms with Crippen LogP contribution in [0.15, 0.2) is 0 Å². The lowest BCUT2D eigenvalue weighted by molar-refractivity contribution is -0.158. The Hall–Kier alpha value is -0.0800. The summed E-state index contributed by atoms with van der Waals surface area (Å²) in [7, 11) is 0. The largest absolute Gasteiger partial charge is 0.375 e. The van der Waals surface area contributed by atoms with Gasteiger partial charge >= 0.3 is 0 Å². The van der Waals surface area contributed by atoms with Crippen LogP contribution in [0, 0.1) is 17.8 Å². The van der Waals surface area contributed by atoms with Crippen LogP contribution < -0.4 is 5.73 Å². The Morgan fingerprint density at radius 2 is 1.83 bits per heavy atom. The van der Waals surface area contributed by atoms with Gasteiger partial charge in [-0.3, -0.25) is 0 Å². The predicted molar refractivity (Wildman–Crippen MR) is 74.4 cm³/mol. The second-order valence-corrected chi connectivity index (χ2v) is 7.35. The predicted octanol–water partition coefficient (Wildman–Crippen LogP) is 3.49. The molecule has 18 heavy (non-hydrogen) atoms. The van der Waals surface area contributed by atoms with Crippen LogP contribution in [-0.2, 0) is 4.74 Å². The number of nitrogens with two attached hydrogens (primary N) is 1. The van der Waals surface area contributed by atoms with Crippen molar-refractivity contribution in [2.75, 3.05) is 6.61 Å². The van der Waals surface area contributed by atoms with Gasteiger partial charge in [0.15, 0.2) is 0 Å². The fourth-order valence-corrected chi connectivity index (χ4v) is 4.72. The molecule has 3 rings (SSSR count). The van der Waals surface area contributed by atoms with E-state index in [4.69, 9.17) is 10.5 Å². The molecule has 3 aliphatic rings.